The van der Waals surface area contributed by atoms with Crippen LogP contribution in [0.4, 0.5) is 0 Å². The summed E-state index contributed by atoms with van der Waals surface area (Å²) in [6.07, 6.45) is 0. The summed E-state index contributed by atoms with van der Waals surface area (Å²) in [5.41, 5.74) is 10.5. The second kappa shape index (κ2) is 12.9. The molecule has 0 unspecified atom stereocenters. The van der Waals surface area contributed by atoms with E-state index in [1.165, 1.54) is 0 Å². The van der Waals surface area contributed by atoms with Gasteiger partial charge >= 0.3 is 0 Å². The lowest BCUT2D eigenvalue weighted by molar-refractivity contribution is 0.475. The van der Waals surface area contributed by atoms with Crippen LogP contribution in [-0.2, 0) is 0 Å². The molecule has 5 nitrogen and oxygen atoms in total. The van der Waals surface area contributed by atoms with Crippen LogP contribution < -0.4 is 22.1 Å². The molecule has 0 atom stereocenters. The topological polar surface area (TPSA) is 96.3 Å². The number of phenols is 1. The van der Waals surface area contributed by atoms with Crippen LogP contribution in [0.2, 0.25) is 0 Å². The monoisotopic (exact) mass is 240 g/mol. The van der Waals surface area contributed by atoms with Crippen molar-refractivity contribution in [2.24, 2.45) is 11.5 Å². The number of para-hydroxylation sites is 1. The molecule has 0 fully saturated rings. The second-order valence-corrected chi connectivity index (χ2v) is 3.41. The minimum absolute atomic E-state index is 0.322. The van der Waals surface area contributed by atoms with Crippen LogP contribution in [0.1, 0.15) is 0 Å². The van der Waals surface area contributed by atoms with Crippen LogP contribution in [0.15, 0.2) is 30.3 Å². The van der Waals surface area contributed by atoms with Gasteiger partial charge in [-0.05, 0) is 12.1 Å². The molecule has 1 aromatic carbocycles. The summed E-state index contributed by atoms with van der Waals surface area (Å²) in [5.74, 6) is 0.322. The van der Waals surface area contributed by atoms with Crippen LogP contribution in [0.3, 0.4) is 0 Å². The van der Waals surface area contributed by atoms with E-state index in [2.05, 4.69) is 10.6 Å². The molecular weight excluding hydrogens is 216 g/mol. The number of hydrogen-bond donors (Lipinski definition) is 5. The molecular formula is C12H24N4O. The van der Waals surface area contributed by atoms with E-state index in [1.807, 2.05) is 6.07 Å². The van der Waals surface area contributed by atoms with Crippen molar-refractivity contribution in [1.29, 1.82) is 0 Å². The van der Waals surface area contributed by atoms with Gasteiger partial charge in [0.05, 0.1) is 0 Å². The summed E-state index contributed by atoms with van der Waals surface area (Å²) < 4.78 is 0. The van der Waals surface area contributed by atoms with Gasteiger partial charge in [-0.3, -0.25) is 0 Å². The fourth-order valence-electron chi connectivity index (χ4n) is 1.06. The molecule has 0 heterocycles. The maximum Gasteiger partial charge on any atom is 0.115 e. The van der Waals surface area contributed by atoms with E-state index in [1.54, 1.807) is 24.3 Å². The van der Waals surface area contributed by atoms with Gasteiger partial charge < -0.3 is 27.2 Å². The molecule has 7 N–H and O–H groups in total. The lowest BCUT2D eigenvalue weighted by atomic mass is 10.3. The fraction of sp³-hybridized carbons (Fsp3) is 0.500. The van der Waals surface area contributed by atoms with E-state index in [9.17, 15) is 0 Å². The zero-order valence-electron chi connectivity index (χ0n) is 10.2. The Labute approximate surface area is 103 Å². The molecule has 0 radical (unpaired) electrons. The Balaban J connectivity index is 0.000000318. The third kappa shape index (κ3) is 12.8. The largest absolute Gasteiger partial charge is 0.508 e. The SMILES string of the molecule is NCCNCCNCCN.Oc1ccccc1. The van der Waals surface area contributed by atoms with Crippen molar-refractivity contribution in [3.8, 4) is 5.75 Å². The van der Waals surface area contributed by atoms with Crippen LogP contribution in [0, 0.1) is 0 Å². The van der Waals surface area contributed by atoms with Crippen molar-refractivity contribution >= 4 is 0 Å². The van der Waals surface area contributed by atoms with E-state index in [4.69, 9.17) is 16.6 Å². The molecule has 0 aromatic heterocycles. The van der Waals surface area contributed by atoms with Crippen LogP contribution >= 0.6 is 0 Å². The first kappa shape index (κ1) is 15.9. The number of phenolic OH excluding ortho intramolecular Hbond substituents is 1. The predicted octanol–water partition coefficient (Wildman–Crippen LogP) is -0.525. The molecule has 0 saturated carbocycles. The molecule has 0 aliphatic carbocycles. The van der Waals surface area contributed by atoms with Crippen LogP contribution in [0.5, 0.6) is 5.75 Å². The number of aromatic hydroxyl groups is 1. The Kier molecular flexibility index (Phi) is 12.1. The molecule has 17 heavy (non-hydrogen) atoms. The van der Waals surface area contributed by atoms with Crippen molar-refractivity contribution in [2.75, 3.05) is 39.3 Å². The summed E-state index contributed by atoms with van der Waals surface area (Å²) >= 11 is 0. The molecule has 5 heteroatoms. The smallest absolute Gasteiger partial charge is 0.115 e. The maximum absolute atomic E-state index is 8.63. The van der Waals surface area contributed by atoms with Crippen molar-refractivity contribution in [2.45, 2.75) is 0 Å². The molecule has 0 spiro atoms. The van der Waals surface area contributed by atoms with Gasteiger partial charge in [-0.1, -0.05) is 18.2 Å². The average molecular weight is 240 g/mol. The summed E-state index contributed by atoms with van der Waals surface area (Å²) in [5, 5.41) is 15.0. The number of hydrogen-bond acceptors (Lipinski definition) is 5. The van der Waals surface area contributed by atoms with Crippen molar-refractivity contribution in [3.63, 3.8) is 0 Å². The molecule has 1 rings (SSSR count). The molecule has 1 aromatic rings. The van der Waals surface area contributed by atoms with E-state index in [-0.39, 0.29) is 0 Å². The highest BCUT2D eigenvalue weighted by Crippen LogP contribution is 2.02. The minimum atomic E-state index is 0.322. The van der Waals surface area contributed by atoms with Gasteiger partial charge in [0.1, 0.15) is 5.75 Å². The van der Waals surface area contributed by atoms with Crippen molar-refractivity contribution in [1.82, 2.24) is 10.6 Å². The zero-order chi connectivity index (χ0) is 12.8. The van der Waals surface area contributed by atoms with Gasteiger partial charge in [-0.25, -0.2) is 0 Å². The first-order valence-electron chi connectivity index (χ1n) is 5.87. The third-order valence-corrected chi connectivity index (χ3v) is 1.88. The van der Waals surface area contributed by atoms with Gasteiger partial charge in [-0.15, -0.1) is 0 Å². The highest BCUT2D eigenvalue weighted by atomic mass is 16.3. The van der Waals surface area contributed by atoms with Gasteiger partial charge in [0, 0.05) is 39.3 Å². The maximum atomic E-state index is 8.63. The molecule has 98 valence electrons. The Hall–Kier alpha value is -1.14. The lowest BCUT2D eigenvalue weighted by Crippen LogP contribution is -2.32. The van der Waals surface area contributed by atoms with Crippen molar-refractivity contribution in [3.05, 3.63) is 30.3 Å². The normalized spacial score (nSPS) is 9.53. The fourth-order valence-corrected chi connectivity index (χ4v) is 1.06. The average Bonchev–Trinajstić information content (AvgIpc) is 2.35. The molecule has 0 bridgehead atoms. The van der Waals surface area contributed by atoms with E-state index in [0.29, 0.717) is 18.8 Å². The molecule has 0 aliphatic rings. The molecule has 0 saturated heterocycles. The highest BCUT2D eigenvalue weighted by Gasteiger charge is 1.83. The molecule has 0 amide bonds. The van der Waals surface area contributed by atoms with Crippen LogP contribution in [0.25, 0.3) is 0 Å². The Morgan fingerprint density at radius 1 is 0.824 bits per heavy atom. The minimum Gasteiger partial charge on any atom is -0.508 e. The summed E-state index contributed by atoms with van der Waals surface area (Å²) in [4.78, 5) is 0. The zero-order valence-corrected chi connectivity index (χ0v) is 10.2. The van der Waals surface area contributed by atoms with E-state index >= 15 is 0 Å². The number of benzene rings is 1. The first-order valence-corrected chi connectivity index (χ1v) is 5.87. The highest BCUT2D eigenvalue weighted by molar-refractivity contribution is 5.18. The Morgan fingerprint density at radius 3 is 1.59 bits per heavy atom. The summed E-state index contributed by atoms with van der Waals surface area (Å²) in [6, 6.07) is 8.71. The van der Waals surface area contributed by atoms with E-state index in [0.717, 1.165) is 26.2 Å². The third-order valence-electron chi connectivity index (χ3n) is 1.88. The van der Waals surface area contributed by atoms with Gasteiger partial charge in [0.25, 0.3) is 0 Å². The van der Waals surface area contributed by atoms with Crippen molar-refractivity contribution < 1.29 is 5.11 Å². The predicted molar refractivity (Wildman–Crippen MR) is 72.0 cm³/mol. The second-order valence-electron chi connectivity index (χ2n) is 3.41. The van der Waals surface area contributed by atoms with E-state index < -0.39 is 0 Å². The van der Waals surface area contributed by atoms with Crippen LogP contribution in [-0.4, -0.2) is 44.4 Å². The number of nitrogens with one attached hydrogen (secondary N) is 2. The summed E-state index contributed by atoms with van der Waals surface area (Å²) in [6.45, 7) is 5.14. The van der Waals surface area contributed by atoms with Gasteiger partial charge in [0.15, 0.2) is 0 Å². The standard InChI is InChI=1S/C6H18N4.C6H6O/c7-1-3-9-5-6-10-4-2-8;7-6-4-2-1-3-5-6/h9-10H,1-8H2;1-5,7H. The first-order chi connectivity index (χ1) is 8.31. The van der Waals surface area contributed by atoms with Gasteiger partial charge in [-0.2, -0.15) is 0 Å². The van der Waals surface area contributed by atoms with Gasteiger partial charge in [0.2, 0.25) is 0 Å². The molecule has 0 aliphatic heterocycles. The lowest BCUT2D eigenvalue weighted by Gasteiger charge is -2.03. The number of nitrogens with two attached hydrogens (primary N) is 2. The Bertz CT molecular complexity index is 236. The summed E-state index contributed by atoms with van der Waals surface area (Å²) in [7, 11) is 0. The Morgan fingerprint density at radius 2 is 1.29 bits per heavy atom. The quantitative estimate of drug-likeness (QED) is 0.413. The number of rotatable bonds is 7.